The average Bonchev–Trinajstić information content (AvgIpc) is 3.23. The van der Waals surface area contributed by atoms with Crippen LogP contribution in [0.5, 0.6) is 0 Å². The molecule has 1 aliphatic heterocycles. The van der Waals surface area contributed by atoms with Crippen LogP contribution in [-0.4, -0.2) is 26.7 Å². The van der Waals surface area contributed by atoms with E-state index in [1.54, 1.807) is 17.5 Å². The zero-order chi connectivity index (χ0) is 15.6. The van der Waals surface area contributed by atoms with Gasteiger partial charge in [-0.2, -0.15) is 0 Å². The van der Waals surface area contributed by atoms with Crippen LogP contribution < -0.4 is 4.90 Å². The van der Waals surface area contributed by atoms with Crippen LogP contribution in [-0.2, 0) is 0 Å². The molecule has 116 valence electrons. The van der Waals surface area contributed by atoms with Crippen molar-refractivity contribution in [3.63, 3.8) is 0 Å². The maximum Gasteiger partial charge on any atom is 0.209 e. The van der Waals surface area contributed by atoms with E-state index < -0.39 is 0 Å². The van der Waals surface area contributed by atoms with E-state index in [2.05, 4.69) is 38.1 Å². The topological polar surface area (TPSA) is 54.8 Å². The van der Waals surface area contributed by atoms with Crippen LogP contribution in [0.4, 0.5) is 5.13 Å². The van der Waals surface area contributed by atoms with E-state index in [-0.39, 0.29) is 0 Å². The van der Waals surface area contributed by atoms with Gasteiger partial charge in [0.05, 0.1) is 6.04 Å². The summed E-state index contributed by atoms with van der Waals surface area (Å²) in [7, 11) is 0. The van der Waals surface area contributed by atoms with Crippen molar-refractivity contribution in [3.8, 4) is 10.7 Å². The Labute approximate surface area is 139 Å². The number of rotatable bonds is 3. The zero-order valence-electron chi connectivity index (χ0n) is 12.8. The predicted molar refractivity (Wildman–Crippen MR) is 91.2 cm³/mol. The molecule has 2 atom stereocenters. The first-order chi connectivity index (χ1) is 11.3. The van der Waals surface area contributed by atoms with Crippen molar-refractivity contribution in [2.45, 2.75) is 19.4 Å². The lowest BCUT2D eigenvalue weighted by molar-refractivity contribution is 0.617. The largest absolute Gasteiger partial charge is 0.339 e. The molecular weight excluding hydrogens is 306 g/mol. The Bertz CT molecular complexity index is 774. The molecule has 0 N–H and O–H groups in total. The highest BCUT2D eigenvalue weighted by molar-refractivity contribution is 7.18. The summed E-state index contributed by atoms with van der Waals surface area (Å²) in [6.07, 6.45) is 6.67. The molecule has 5 nitrogen and oxygen atoms in total. The van der Waals surface area contributed by atoms with Gasteiger partial charge in [-0.3, -0.25) is 9.97 Å². The maximum atomic E-state index is 4.42. The predicted octanol–water partition coefficient (Wildman–Crippen LogP) is 3.58. The molecule has 1 aliphatic rings. The van der Waals surface area contributed by atoms with E-state index in [0.717, 1.165) is 28.8 Å². The lowest BCUT2D eigenvalue weighted by Gasteiger charge is -2.23. The fraction of sp³-hybridized carbons (Fsp3) is 0.294. The normalized spacial score (nSPS) is 20.8. The number of pyridine rings is 2. The number of hydrogen-bond donors (Lipinski definition) is 0. The zero-order valence-corrected chi connectivity index (χ0v) is 13.6. The monoisotopic (exact) mass is 323 g/mol. The van der Waals surface area contributed by atoms with Crippen LogP contribution in [0, 0.1) is 5.92 Å². The summed E-state index contributed by atoms with van der Waals surface area (Å²) in [5.41, 5.74) is 2.12. The van der Waals surface area contributed by atoms with Gasteiger partial charge in [-0.1, -0.05) is 30.4 Å². The maximum absolute atomic E-state index is 4.42. The molecule has 0 radical (unpaired) electrons. The fourth-order valence-electron chi connectivity index (χ4n) is 3.07. The Balaban J connectivity index is 1.65. The van der Waals surface area contributed by atoms with Crippen molar-refractivity contribution in [3.05, 3.63) is 54.5 Å². The van der Waals surface area contributed by atoms with Crippen LogP contribution in [0.25, 0.3) is 10.7 Å². The van der Waals surface area contributed by atoms with Crippen molar-refractivity contribution in [1.29, 1.82) is 0 Å². The third-order valence-corrected chi connectivity index (χ3v) is 5.11. The smallest absolute Gasteiger partial charge is 0.209 e. The van der Waals surface area contributed by atoms with Crippen molar-refractivity contribution < 1.29 is 0 Å². The summed E-state index contributed by atoms with van der Waals surface area (Å²) >= 11 is 1.60. The molecule has 0 amide bonds. The van der Waals surface area contributed by atoms with E-state index in [1.165, 1.54) is 5.56 Å². The second kappa shape index (κ2) is 6.04. The SMILES string of the molecule is CC1CC(c2cccnc2)N(c2nnc(-c3ccccn3)s2)C1. The molecule has 3 aromatic rings. The van der Waals surface area contributed by atoms with E-state index in [1.807, 2.05) is 36.7 Å². The number of hydrogen-bond acceptors (Lipinski definition) is 6. The van der Waals surface area contributed by atoms with Gasteiger partial charge in [-0.25, -0.2) is 0 Å². The highest BCUT2D eigenvalue weighted by Crippen LogP contribution is 2.40. The van der Waals surface area contributed by atoms with Gasteiger partial charge >= 0.3 is 0 Å². The third-order valence-electron chi connectivity index (χ3n) is 4.12. The van der Waals surface area contributed by atoms with Crippen LogP contribution in [0.2, 0.25) is 0 Å². The standard InChI is InChI=1S/C17H17N5S/c1-12-9-15(13-5-4-7-18-10-13)22(11-12)17-21-20-16(23-17)14-6-2-3-8-19-14/h2-8,10,12,15H,9,11H2,1H3. The highest BCUT2D eigenvalue weighted by atomic mass is 32.1. The summed E-state index contributed by atoms with van der Waals surface area (Å²) in [6, 6.07) is 10.3. The Hall–Kier alpha value is -2.34. The molecule has 0 aliphatic carbocycles. The minimum Gasteiger partial charge on any atom is -0.339 e. The number of anilines is 1. The summed E-state index contributed by atoms with van der Waals surface area (Å²) in [6.45, 7) is 3.28. The van der Waals surface area contributed by atoms with Crippen LogP contribution in [0.15, 0.2) is 48.9 Å². The highest BCUT2D eigenvalue weighted by Gasteiger charge is 2.33. The first-order valence-corrected chi connectivity index (χ1v) is 8.54. The quantitative estimate of drug-likeness (QED) is 0.737. The fourth-order valence-corrected chi connectivity index (χ4v) is 3.95. The molecule has 0 spiro atoms. The molecule has 0 bridgehead atoms. The number of nitrogens with zero attached hydrogens (tertiary/aromatic N) is 5. The summed E-state index contributed by atoms with van der Waals surface area (Å²) < 4.78 is 0. The Morgan fingerprint density at radius 3 is 2.87 bits per heavy atom. The second-order valence-corrected chi connectivity index (χ2v) is 6.86. The van der Waals surface area contributed by atoms with Gasteiger partial charge < -0.3 is 4.90 Å². The minimum atomic E-state index is 0.322. The van der Waals surface area contributed by atoms with E-state index in [4.69, 9.17) is 0 Å². The van der Waals surface area contributed by atoms with E-state index >= 15 is 0 Å². The van der Waals surface area contributed by atoms with Gasteiger partial charge in [0.1, 0.15) is 5.69 Å². The van der Waals surface area contributed by atoms with Gasteiger partial charge in [-0.15, -0.1) is 10.2 Å². The summed E-state index contributed by atoms with van der Waals surface area (Å²) in [5, 5.41) is 10.6. The summed E-state index contributed by atoms with van der Waals surface area (Å²) in [4.78, 5) is 11.0. The van der Waals surface area contributed by atoms with Gasteiger partial charge in [0, 0.05) is 25.1 Å². The van der Waals surface area contributed by atoms with Gasteiger partial charge in [0.15, 0.2) is 5.01 Å². The van der Waals surface area contributed by atoms with Gasteiger partial charge in [0.25, 0.3) is 0 Å². The van der Waals surface area contributed by atoms with Crippen molar-refractivity contribution in [1.82, 2.24) is 20.2 Å². The Morgan fingerprint density at radius 2 is 2.09 bits per heavy atom. The van der Waals surface area contributed by atoms with Gasteiger partial charge in [-0.05, 0) is 36.1 Å². The first kappa shape index (κ1) is 14.3. The van der Waals surface area contributed by atoms with Crippen molar-refractivity contribution in [2.75, 3.05) is 11.4 Å². The average molecular weight is 323 g/mol. The van der Waals surface area contributed by atoms with Crippen LogP contribution >= 0.6 is 11.3 Å². The molecule has 0 aromatic carbocycles. The number of aromatic nitrogens is 4. The van der Waals surface area contributed by atoms with E-state index in [9.17, 15) is 0 Å². The molecule has 4 heterocycles. The molecule has 0 saturated carbocycles. The van der Waals surface area contributed by atoms with Crippen LogP contribution in [0.3, 0.4) is 0 Å². The van der Waals surface area contributed by atoms with Crippen molar-refractivity contribution >= 4 is 16.5 Å². The Kier molecular flexibility index (Phi) is 3.75. The molecule has 23 heavy (non-hydrogen) atoms. The molecule has 3 aromatic heterocycles. The van der Waals surface area contributed by atoms with Crippen molar-refractivity contribution in [2.24, 2.45) is 5.92 Å². The molecular formula is C17H17N5S. The first-order valence-electron chi connectivity index (χ1n) is 7.73. The lowest BCUT2D eigenvalue weighted by atomic mass is 10.0. The second-order valence-electron chi connectivity index (χ2n) is 5.90. The molecule has 2 unspecified atom stereocenters. The van der Waals surface area contributed by atoms with Crippen LogP contribution in [0.1, 0.15) is 24.9 Å². The van der Waals surface area contributed by atoms with Gasteiger partial charge in [0.2, 0.25) is 5.13 Å². The molecule has 4 rings (SSSR count). The Morgan fingerprint density at radius 1 is 1.13 bits per heavy atom. The molecule has 6 heteroatoms. The third kappa shape index (κ3) is 2.82. The lowest BCUT2D eigenvalue weighted by Crippen LogP contribution is -2.23. The van der Waals surface area contributed by atoms with E-state index in [0.29, 0.717) is 12.0 Å². The molecule has 1 saturated heterocycles. The minimum absolute atomic E-state index is 0.322. The molecule has 1 fully saturated rings. The summed E-state index contributed by atoms with van der Waals surface area (Å²) in [5.74, 6) is 0.627.